The zero-order chi connectivity index (χ0) is 20.2. The van der Waals surface area contributed by atoms with E-state index in [2.05, 4.69) is 31.5 Å². The van der Waals surface area contributed by atoms with Crippen LogP contribution >= 0.6 is 23.8 Å². The van der Waals surface area contributed by atoms with Gasteiger partial charge in [-0.3, -0.25) is 14.3 Å². The third-order valence-corrected chi connectivity index (χ3v) is 5.73. The van der Waals surface area contributed by atoms with Gasteiger partial charge in [-0.2, -0.15) is 10.2 Å². The average Bonchev–Trinajstić information content (AvgIpc) is 3.33. The maximum Gasteiger partial charge on any atom is 0.173 e. The zero-order valence-corrected chi connectivity index (χ0v) is 17.9. The van der Waals surface area contributed by atoms with Crippen LogP contribution in [0.15, 0.2) is 49.1 Å². The van der Waals surface area contributed by atoms with Crippen LogP contribution < -0.4 is 5.32 Å². The monoisotopic (exact) mass is 429 g/mol. The largest absolute Gasteiger partial charge is 0.346 e. The Morgan fingerprint density at radius 1 is 1.07 bits per heavy atom. The van der Waals surface area contributed by atoms with Crippen molar-refractivity contribution in [3.63, 3.8) is 0 Å². The molecular weight excluding hydrogens is 406 g/mol. The van der Waals surface area contributed by atoms with E-state index < -0.39 is 0 Å². The molecule has 0 unspecified atom stereocenters. The fourth-order valence-corrected chi connectivity index (χ4v) is 3.93. The third kappa shape index (κ3) is 5.14. The van der Waals surface area contributed by atoms with Gasteiger partial charge in [-0.25, -0.2) is 0 Å². The number of nitrogens with one attached hydrogen (secondary N) is 1. The highest BCUT2D eigenvalue weighted by Crippen LogP contribution is 2.17. The van der Waals surface area contributed by atoms with Gasteiger partial charge >= 0.3 is 0 Å². The van der Waals surface area contributed by atoms with E-state index in [0.717, 1.165) is 54.1 Å². The first kappa shape index (κ1) is 19.9. The molecule has 4 rings (SSSR count). The van der Waals surface area contributed by atoms with Gasteiger partial charge in [0.1, 0.15) is 0 Å². The third-order valence-electron chi connectivity index (χ3n) is 5.00. The lowest BCUT2D eigenvalue weighted by molar-refractivity contribution is 0.177. The van der Waals surface area contributed by atoms with Crippen molar-refractivity contribution in [2.24, 2.45) is 7.05 Å². The molecule has 1 aliphatic heterocycles. The molecule has 1 fully saturated rings. The first-order valence-corrected chi connectivity index (χ1v) is 10.4. The Bertz CT molecular complexity index is 975. The van der Waals surface area contributed by atoms with Crippen LogP contribution in [0.1, 0.15) is 11.1 Å². The van der Waals surface area contributed by atoms with Crippen molar-refractivity contribution in [1.82, 2.24) is 29.4 Å². The van der Waals surface area contributed by atoms with E-state index in [1.807, 2.05) is 53.1 Å². The van der Waals surface area contributed by atoms with Crippen LogP contribution in [0.2, 0.25) is 5.02 Å². The Kier molecular flexibility index (Phi) is 6.13. The maximum atomic E-state index is 6.24. The van der Waals surface area contributed by atoms with Crippen LogP contribution in [0.3, 0.4) is 0 Å². The SMILES string of the molecule is Cn1cc(CN2CCN(C(=S)Nc3cnn(Cc4ccccc4Cl)c3)CC2)cn1. The summed E-state index contributed by atoms with van der Waals surface area (Å²) in [7, 11) is 1.95. The highest BCUT2D eigenvalue weighted by atomic mass is 35.5. The summed E-state index contributed by atoms with van der Waals surface area (Å²) in [5.41, 5.74) is 3.17. The second kappa shape index (κ2) is 8.94. The number of rotatable bonds is 5. The number of aryl methyl sites for hydroxylation is 1. The fraction of sp³-hybridized carbons (Fsp3) is 0.350. The van der Waals surface area contributed by atoms with Gasteiger partial charge in [0.25, 0.3) is 0 Å². The summed E-state index contributed by atoms with van der Waals surface area (Å²) in [4.78, 5) is 4.64. The van der Waals surface area contributed by atoms with E-state index in [0.29, 0.717) is 6.54 Å². The molecule has 29 heavy (non-hydrogen) atoms. The van der Waals surface area contributed by atoms with Crippen LogP contribution in [0.25, 0.3) is 0 Å². The first-order valence-electron chi connectivity index (χ1n) is 9.58. The molecule has 2 aromatic heterocycles. The molecule has 3 aromatic rings. The van der Waals surface area contributed by atoms with E-state index in [9.17, 15) is 0 Å². The molecular formula is C20H24ClN7S. The molecule has 0 atom stereocenters. The lowest BCUT2D eigenvalue weighted by Gasteiger charge is -2.35. The molecule has 1 saturated heterocycles. The van der Waals surface area contributed by atoms with Gasteiger partial charge in [0.2, 0.25) is 0 Å². The molecule has 1 aromatic carbocycles. The van der Waals surface area contributed by atoms with Gasteiger partial charge in [0.15, 0.2) is 5.11 Å². The number of anilines is 1. The highest BCUT2D eigenvalue weighted by molar-refractivity contribution is 7.80. The summed E-state index contributed by atoms with van der Waals surface area (Å²) in [5, 5.41) is 13.4. The van der Waals surface area contributed by atoms with Gasteiger partial charge in [-0.1, -0.05) is 29.8 Å². The molecule has 1 aliphatic rings. The van der Waals surface area contributed by atoms with Crippen LogP contribution in [0.5, 0.6) is 0 Å². The number of hydrogen-bond acceptors (Lipinski definition) is 4. The standard InChI is InChI=1S/C20H24ClN7S/c1-25-12-16(10-22-25)13-26-6-8-27(9-7-26)20(29)24-18-11-23-28(15-18)14-17-4-2-3-5-19(17)21/h2-5,10-12,15H,6-9,13-14H2,1H3,(H,24,29). The molecule has 0 radical (unpaired) electrons. The van der Waals surface area contributed by atoms with Crippen LogP contribution in [0.4, 0.5) is 5.69 Å². The minimum Gasteiger partial charge on any atom is -0.346 e. The number of hydrogen-bond donors (Lipinski definition) is 1. The van der Waals surface area contributed by atoms with E-state index in [4.69, 9.17) is 23.8 Å². The Morgan fingerprint density at radius 2 is 1.86 bits per heavy atom. The number of piperazine rings is 1. The van der Waals surface area contributed by atoms with Crippen molar-refractivity contribution in [1.29, 1.82) is 0 Å². The summed E-state index contributed by atoms with van der Waals surface area (Å²) in [5.74, 6) is 0. The van der Waals surface area contributed by atoms with Gasteiger partial charge in [0, 0.05) is 62.8 Å². The molecule has 0 amide bonds. The molecule has 9 heteroatoms. The second-order valence-corrected chi connectivity index (χ2v) is 8.03. The van der Waals surface area contributed by atoms with E-state index >= 15 is 0 Å². The molecule has 0 spiro atoms. The lowest BCUT2D eigenvalue weighted by atomic mass is 10.2. The van der Waals surface area contributed by atoms with Crippen molar-refractivity contribution < 1.29 is 0 Å². The molecule has 152 valence electrons. The van der Waals surface area contributed by atoms with Crippen LogP contribution in [-0.4, -0.2) is 60.7 Å². The number of benzene rings is 1. The average molecular weight is 430 g/mol. The summed E-state index contributed by atoms with van der Waals surface area (Å²) in [6.45, 7) is 5.31. The van der Waals surface area contributed by atoms with Crippen molar-refractivity contribution in [2.45, 2.75) is 13.1 Å². The second-order valence-electron chi connectivity index (χ2n) is 7.23. The minimum absolute atomic E-state index is 0.626. The summed E-state index contributed by atoms with van der Waals surface area (Å²) >= 11 is 11.9. The predicted octanol–water partition coefficient (Wildman–Crippen LogP) is 2.83. The van der Waals surface area contributed by atoms with Gasteiger partial charge in [-0.15, -0.1) is 0 Å². The Labute approximate surface area is 180 Å². The quantitative estimate of drug-likeness (QED) is 0.629. The molecule has 3 heterocycles. The predicted molar refractivity (Wildman–Crippen MR) is 119 cm³/mol. The zero-order valence-electron chi connectivity index (χ0n) is 16.3. The molecule has 0 saturated carbocycles. The number of halogens is 1. The normalized spacial score (nSPS) is 14.9. The topological polar surface area (TPSA) is 54.1 Å². The Morgan fingerprint density at radius 3 is 2.59 bits per heavy atom. The maximum absolute atomic E-state index is 6.24. The van der Waals surface area contributed by atoms with E-state index in [1.54, 1.807) is 6.20 Å². The first-order chi connectivity index (χ1) is 14.1. The van der Waals surface area contributed by atoms with E-state index in [-0.39, 0.29) is 0 Å². The summed E-state index contributed by atoms with van der Waals surface area (Å²) < 4.78 is 3.70. The molecule has 0 bridgehead atoms. The minimum atomic E-state index is 0.626. The molecule has 7 nitrogen and oxygen atoms in total. The smallest absolute Gasteiger partial charge is 0.173 e. The summed E-state index contributed by atoms with van der Waals surface area (Å²) in [6.07, 6.45) is 7.74. The highest BCUT2D eigenvalue weighted by Gasteiger charge is 2.19. The Balaban J connectivity index is 1.27. The van der Waals surface area contributed by atoms with Crippen LogP contribution in [-0.2, 0) is 20.1 Å². The summed E-state index contributed by atoms with van der Waals surface area (Å²) in [6, 6.07) is 7.80. The van der Waals surface area contributed by atoms with E-state index in [1.165, 1.54) is 5.56 Å². The van der Waals surface area contributed by atoms with Crippen molar-refractivity contribution >= 4 is 34.6 Å². The lowest BCUT2D eigenvalue weighted by Crippen LogP contribution is -2.49. The van der Waals surface area contributed by atoms with Crippen LogP contribution in [0, 0.1) is 0 Å². The molecule has 1 N–H and O–H groups in total. The van der Waals surface area contributed by atoms with Gasteiger partial charge in [0.05, 0.1) is 24.6 Å². The fourth-order valence-electron chi connectivity index (χ4n) is 3.44. The Hall–Kier alpha value is -2.42. The number of thiocarbonyl (C=S) groups is 1. The van der Waals surface area contributed by atoms with Gasteiger partial charge in [-0.05, 0) is 23.8 Å². The van der Waals surface area contributed by atoms with Crippen molar-refractivity contribution in [2.75, 3.05) is 31.5 Å². The van der Waals surface area contributed by atoms with Gasteiger partial charge < -0.3 is 10.2 Å². The van der Waals surface area contributed by atoms with Crippen molar-refractivity contribution in [3.05, 3.63) is 65.2 Å². The number of aromatic nitrogens is 4. The molecule has 0 aliphatic carbocycles. The van der Waals surface area contributed by atoms with Crippen molar-refractivity contribution in [3.8, 4) is 0 Å². The number of nitrogens with zero attached hydrogens (tertiary/aromatic N) is 6.